The van der Waals surface area contributed by atoms with Crippen molar-refractivity contribution in [1.29, 1.82) is 0 Å². The molecule has 0 saturated carbocycles. The molecule has 20 heavy (non-hydrogen) atoms. The molecule has 2 rings (SSSR count). The fraction of sp³-hybridized carbons (Fsp3) is 0.467. The second kappa shape index (κ2) is 6.52. The van der Waals surface area contributed by atoms with E-state index in [-0.39, 0.29) is 17.9 Å². The van der Waals surface area contributed by atoms with Gasteiger partial charge in [-0.05, 0) is 24.4 Å². The van der Waals surface area contributed by atoms with Gasteiger partial charge >= 0.3 is 5.97 Å². The molecule has 1 aromatic carbocycles. The fourth-order valence-corrected chi connectivity index (χ4v) is 2.46. The second-order valence-electron chi connectivity index (χ2n) is 5.07. The summed E-state index contributed by atoms with van der Waals surface area (Å²) in [5.74, 6) is -0.353. The zero-order valence-corrected chi connectivity index (χ0v) is 11.8. The predicted octanol–water partition coefficient (Wildman–Crippen LogP) is 1.01. The van der Waals surface area contributed by atoms with Crippen LogP contribution in [0.25, 0.3) is 0 Å². The molecule has 0 aliphatic carbocycles. The van der Waals surface area contributed by atoms with Crippen LogP contribution in [-0.4, -0.2) is 31.6 Å². The van der Waals surface area contributed by atoms with Crippen LogP contribution in [0.1, 0.15) is 24.9 Å². The number of ether oxygens (including phenoxy) is 1. The van der Waals surface area contributed by atoms with Crippen molar-refractivity contribution in [3.05, 3.63) is 35.9 Å². The molecule has 3 atom stereocenters. The first-order valence-corrected chi connectivity index (χ1v) is 6.80. The highest BCUT2D eigenvalue weighted by molar-refractivity contribution is 5.88. The van der Waals surface area contributed by atoms with Crippen molar-refractivity contribution in [2.24, 2.45) is 5.92 Å². The van der Waals surface area contributed by atoms with E-state index in [0.29, 0.717) is 0 Å². The minimum absolute atomic E-state index is 0.158. The number of carbonyl (C=O) groups excluding carboxylic acids is 2. The van der Waals surface area contributed by atoms with Gasteiger partial charge in [0.1, 0.15) is 0 Å². The Kier molecular flexibility index (Phi) is 4.74. The SMILES string of the molecule is COC(=O)C(NC(=O)C1NCCC1C)c1ccccc1. The Labute approximate surface area is 118 Å². The number of nitrogens with one attached hydrogen (secondary N) is 2. The Bertz CT molecular complexity index is 475. The quantitative estimate of drug-likeness (QED) is 0.806. The van der Waals surface area contributed by atoms with Crippen molar-refractivity contribution in [1.82, 2.24) is 10.6 Å². The molecule has 0 aromatic heterocycles. The first-order chi connectivity index (χ1) is 9.63. The van der Waals surface area contributed by atoms with Crippen molar-refractivity contribution in [3.8, 4) is 0 Å². The highest BCUT2D eigenvalue weighted by Gasteiger charge is 2.32. The summed E-state index contributed by atoms with van der Waals surface area (Å²) in [5, 5.41) is 5.94. The van der Waals surface area contributed by atoms with E-state index in [0.717, 1.165) is 18.5 Å². The van der Waals surface area contributed by atoms with E-state index in [4.69, 9.17) is 4.74 Å². The first-order valence-electron chi connectivity index (χ1n) is 6.80. The normalized spacial score (nSPS) is 23.1. The zero-order chi connectivity index (χ0) is 14.5. The van der Waals surface area contributed by atoms with Gasteiger partial charge in [-0.1, -0.05) is 37.3 Å². The van der Waals surface area contributed by atoms with Crippen LogP contribution in [0.2, 0.25) is 0 Å². The summed E-state index contributed by atoms with van der Waals surface area (Å²) in [6, 6.07) is 8.11. The van der Waals surface area contributed by atoms with Crippen molar-refractivity contribution >= 4 is 11.9 Å². The molecular weight excluding hydrogens is 256 g/mol. The lowest BCUT2D eigenvalue weighted by Gasteiger charge is -2.21. The number of methoxy groups -OCH3 is 1. The molecule has 0 radical (unpaired) electrons. The van der Waals surface area contributed by atoms with Gasteiger partial charge in [-0.15, -0.1) is 0 Å². The van der Waals surface area contributed by atoms with Gasteiger partial charge in [0, 0.05) is 0 Å². The topological polar surface area (TPSA) is 67.4 Å². The van der Waals surface area contributed by atoms with Crippen LogP contribution in [0.4, 0.5) is 0 Å². The smallest absolute Gasteiger partial charge is 0.333 e. The van der Waals surface area contributed by atoms with Crippen LogP contribution >= 0.6 is 0 Å². The number of esters is 1. The standard InChI is InChI=1S/C15H20N2O3/c1-10-8-9-16-12(10)14(18)17-13(15(19)20-2)11-6-4-3-5-7-11/h3-7,10,12-13,16H,8-9H2,1-2H3,(H,17,18). The summed E-state index contributed by atoms with van der Waals surface area (Å²) >= 11 is 0. The Balaban J connectivity index is 2.12. The maximum absolute atomic E-state index is 12.3. The van der Waals surface area contributed by atoms with Crippen LogP contribution < -0.4 is 10.6 Å². The van der Waals surface area contributed by atoms with Gasteiger partial charge in [-0.25, -0.2) is 4.79 Å². The Morgan fingerprint density at radius 2 is 2.05 bits per heavy atom. The molecule has 1 aromatic rings. The molecule has 1 aliphatic heterocycles. The van der Waals surface area contributed by atoms with Crippen LogP contribution in [0.15, 0.2) is 30.3 Å². The third-order valence-electron chi connectivity index (χ3n) is 3.67. The van der Waals surface area contributed by atoms with Crippen molar-refractivity contribution in [2.75, 3.05) is 13.7 Å². The van der Waals surface area contributed by atoms with Crippen molar-refractivity contribution in [3.63, 3.8) is 0 Å². The molecule has 3 unspecified atom stereocenters. The molecule has 5 heteroatoms. The van der Waals surface area contributed by atoms with E-state index in [9.17, 15) is 9.59 Å². The van der Waals surface area contributed by atoms with Crippen LogP contribution in [0.5, 0.6) is 0 Å². The summed E-state index contributed by atoms with van der Waals surface area (Å²) in [5.41, 5.74) is 0.721. The summed E-state index contributed by atoms with van der Waals surface area (Å²) in [6.07, 6.45) is 0.965. The van der Waals surface area contributed by atoms with Gasteiger partial charge in [0.05, 0.1) is 13.2 Å². The van der Waals surface area contributed by atoms with E-state index in [1.807, 2.05) is 25.1 Å². The summed E-state index contributed by atoms with van der Waals surface area (Å²) < 4.78 is 4.78. The Hall–Kier alpha value is -1.88. The minimum atomic E-state index is -0.761. The lowest BCUT2D eigenvalue weighted by molar-refractivity contribution is -0.145. The number of hydrogen-bond acceptors (Lipinski definition) is 4. The molecule has 1 saturated heterocycles. The van der Waals surface area contributed by atoms with E-state index in [1.165, 1.54) is 7.11 Å². The minimum Gasteiger partial charge on any atom is -0.467 e. The molecule has 1 aliphatic rings. The number of hydrogen-bond donors (Lipinski definition) is 2. The molecular formula is C15H20N2O3. The van der Waals surface area contributed by atoms with E-state index in [2.05, 4.69) is 10.6 Å². The van der Waals surface area contributed by atoms with Crippen molar-refractivity contribution in [2.45, 2.75) is 25.4 Å². The highest BCUT2D eigenvalue weighted by atomic mass is 16.5. The maximum Gasteiger partial charge on any atom is 0.333 e. The van der Waals surface area contributed by atoms with Crippen LogP contribution in [0.3, 0.4) is 0 Å². The third kappa shape index (κ3) is 3.17. The predicted molar refractivity (Wildman–Crippen MR) is 74.9 cm³/mol. The van der Waals surface area contributed by atoms with E-state index < -0.39 is 12.0 Å². The summed E-state index contributed by atoms with van der Waals surface area (Å²) in [6.45, 7) is 2.85. The highest BCUT2D eigenvalue weighted by Crippen LogP contribution is 2.18. The Morgan fingerprint density at radius 3 is 2.60 bits per heavy atom. The van der Waals surface area contributed by atoms with Gasteiger partial charge in [0.2, 0.25) is 5.91 Å². The first kappa shape index (κ1) is 14.5. The van der Waals surface area contributed by atoms with Crippen molar-refractivity contribution < 1.29 is 14.3 Å². The third-order valence-corrected chi connectivity index (χ3v) is 3.67. The molecule has 2 N–H and O–H groups in total. The second-order valence-corrected chi connectivity index (χ2v) is 5.07. The molecule has 1 amide bonds. The average Bonchev–Trinajstić information content (AvgIpc) is 2.91. The summed E-state index contributed by atoms with van der Waals surface area (Å²) in [7, 11) is 1.32. The monoisotopic (exact) mass is 276 g/mol. The lowest BCUT2D eigenvalue weighted by atomic mass is 10.0. The van der Waals surface area contributed by atoms with E-state index >= 15 is 0 Å². The Morgan fingerprint density at radius 1 is 1.35 bits per heavy atom. The van der Waals surface area contributed by atoms with E-state index in [1.54, 1.807) is 12.1 Å². The molecule has 0 bridgehead atoms. The van der Waals surface area contributed by atoms with Gasteiger partial charge in [-0.2, -0.15) is 0 Å². The maximum atomic E-state index is 12.3. The fourth-order valence-electron chi connectivity index (χ4n) is 2.46. The zero-order valence-electron chi connectivity index (χ0n) is 11.8. The molecule has 5 nitrogen and oxygen atoms in total. The van der Waals surface area contributed by atoms with Gasteiger partial charge in [0.25, 0.3) is 0 Å². The average molecular weight is 276 g/mol. The largest absolute Gasteiger partial charge is 0.467 e. The number of carbonyl (C=O) groups is 2. The molecule has 108 valence electrons. The van der Waals surface area contributed by atoms with Crippen LogP contribution in [-0.2, 0) is 14.3 Å². The molecule has 1 heterocycles. The summed E-state index contributed by atoms with van der Waals surface area (Å²) in [4.78, 5) is 24.2. The van der Waals surface area contributed by atoms with Gasteiger partial charge in [-0.3, -0.25) is 4.79 Å². The van der Waals surface area contributed by atoms with Crippen LogP contribution in [0, 0.1) is 5.92 Å². The molecule has 1 fully saturated rings. The number of benzene rings is 1. The number of amides is 1. The molecule has 0 spiro atoms. The van der Waals surface area contributed by atoms with Gasteiger partial charge in [0.15, 0.2) is 6.04 Å². The lowest BCUT2D eigenvalue weighted by Crippen LogP contribution is -2.46. The number of rotatable bonds is 4. The van der Waals surface area contributed by atoms with Gasteiger partial charge < -0.3 is 15.4 Å².